The Morgan fingerprint density at radius 3 is 1.76 bits per heavy atom. The summed E-state index contributed by atoms with van der Waals surface area (Å²) in [5, 5.41) is 0. The third-order valence-electron chi connectivity index (χ3n) is 1.99. The maximum Gasteiger partial charge on any atom is 0.220 e. The van der Waals surface area contributed by atoms with Crippen molar-refractivity contribution in [1.29, 1.82) is 0 Å². The summed E-state index contributed by atoms with van der Waals surface area (Å²) in [5.74, 6) is 0.344. The monoisotopic (exact) mass is 241 g/mol. The molecular weight excluding hydrogens is 214 g/mol. The molecule has 0 aliphatic heterocycles. The van der Waals surface area contributed by atoms with Crippen LogP contribution in [0.2, 0.25) is 0 Å². The molecule has 0 aliphatic carbocycles. The summed E-state index contributed by atoms with van der Waals surface area (Å²) in [5.41, 5.74) is 8.53. The standard InChI is InChI=1S/C9H15N3O.2C2H6/c1-6-8(4-5-13-3)7(2)12-9(10)11-6;2*1-2/h4-5H2,1-3H3,(H2,10,11,12);2*1-2H3. The molecule has 0 unspecified atom stereocenters. The minimum Gasteiger partial charge on any atom is -0.384 e. The van der Waals surface area contributed by atoms with Crippen molar-refractivity contribution in [2.75, 3.05) is 19.5 Å². The van der Waals surface area contributed by atoms with Gasteiger partial charge >= 0.3 is 0 Å². The molecule has 17 heavy (non-hydrogen) atoms. The lowest BCUT2D eigenvalue weighted by Crippen LogP contribution is -2.07. The zero-order chi connectivity index (χ0) is 13.8. The Labute approximate surface area is 106 Å². The first-order valence-corrected chi connectivity index (χ1v) is 6.23. The Morgan fingerprint density at radius 2 is 1.41 bits per heavy atom. The lowest BCUT2D eigenvalue weighted by molar-refractivity contribution is 0.202. The first-order valence-electron chi connectivity index (χ1n) is 6.23. The molecule has 0 saturated carbocycles. The van der Waals surface area contributed by atoms with E-state index < -0.39 is 0 Å². The van der Waals surface area contributed by atoms with Crippen LogP contribution in [0, 0.1) is 13.8 Å². The molecule has 4 nitrogen and oxygen atoms in total. The number of methoxy groups -OCH3 is 1. The van der Waals surface area contributed by atoms with Gasteiger partial charge in [-0.2, -0.15) is 0 Å². The van der Waals surface area contributed by atoms with Crippen molar-refractivity contribution in [3.8, 4) is 0 Å². The Hall–Kier alpha value is -1.16. The fourth-order valence-corrected chi connectivity index (χ4v) is 1.33. The Bertz CT molecular complexity index is 278. The topological polar surface area (TPSA) is 61.0 Å². The lowest BCUT2D eigenvalue weighted by atomic mass is 10.1. The smallest absolute Gasteiger partial charge is 0.220 e. The molecule has 0 spiro atoms. The van der Waals surface area contributed by atoms with Gasteiger partial charge in [0.2, 0.25) is 5.95 Å². The van der Waals surface area contributed by atoms with Gasteiger partial charge in [-0.25, -0.2) is 9.97 Å². The average molecular weight is 241 g/mol. The molecule has 1 rings (SSSR count). The molecule has 0 fully saturated rings. The van der Waals surface area contributed by atoms with E-state index in [0.29, 0.717) is 12.6 Å². The highest BCUT2D eigenvalue weighted by Gasteiger charge is 2.05. The molecule has 0 aliphatic rings. The van der Waals surface area contributed by atoms with Crippen LogP contribution >= 0.6 is 0 Å². The van der Waals surface area contributed by atoms with Gasteiger partial charge in [0.1, 0.15) is 0 Å². The van der Waals surface area contributed by atoms with Gasteiger partial charge in [-0.3, -0.25) is 0 Å². The van der Waals surface area contributed by atoms with Crippen LogP contribution in [-0.4, -0.2) is 23.7 Å². The van der Waals surface area contributed by atoms with E-state index in [-0.39, 0.29) is 0 Å². The maximum absolute atomic E-state index is 5.50. The van der Waals surface area contributed by atoms with E-state index in [1.165, 1.54) is 0 Å². The van der Waals surface area contributed by atoms with Crippen LogP contribution in [0.3, 0.4) is 0 Å². The van der Waals surface area contributed by atoms with Gasteiger partial charge in [-0.15, -0.1) is 0 Å². The summed E-state index contributed by atoms with van der Waals surface area (Å²) < 4.78 is 5.00. The Balaban J connectivity index is 0. The number of anilines is 1. The van der Waals surface area contributed by atoms with Crippen LogP contribution in [-0.2, 0) is 11.2 Å². The maximum atomic E-state index is 5.50. The van der Waals surface area contributed by atoms with Crippen LogP contribution in [0.25, 0.3) is 0 Å². The van der Waals surface area contributed by atoms with Crippen molar-refractivity contribution in [3.05, 3.63) is 17.0 Å². The summed E-state index contributed by atoms with van der Waals surface area (Å²) in [6.07, 6.45) is 0.842. The van der Waals surface area contributed by atoms with E-state index in [1.54, 1.807) is 7.11 Å². The van der Waals surface area contributed by atoms with E-state index >= 15 is 0 Å². The first-order chi connectivity index (χ1) is 8.15. The quantitative estimate of drug-likeness (QED) is 0.884. The number of nitrogen functional groups attached to an aromatic ring is 1. The van der Waals surface area contributed by atoms with Gasteiger partial charge in [0, 0.05) is 18.5 Å². The Kier molecular flexibility index (Phi) is 12.1. The largest absolute Gasteiger partial charge is 0.384 e. The molecule has 0 bridgehead atoms. The van der Waals surface area contributed by atoms with Crippen molar-refractivity contribution < 1.29 is 4.74 Å². The molecule has 1 aromatic heterocycles. The summed E-state index contributed by atoms with van der Waals surface area (Å²) >= 11 is 0. The third-order valence-corrected chi connectivity index (χ3v) is 1.99. The highest BCUT2D eigenvalue weighted by Crippen LogP contribution is 2.11. The van der Waals surface area contributed by atoms with Crippen LogP contribution in [0.4, 0.5) is 5.95 Å². The SMILES string of the molecule is CC.CC.COCCc1c(C)nc(N)nc1C. The summed E-state index contributed by atoms with van der Waals surface area (Å²) in [6.45, 7) is 12.6. The van der Waals surface area contributed by atoms with Gasteiger partial charge in [-0.05, 0) is 25.8 Å². The predicted molar refractivity (Wildman–Crippen MR) is 74.2 cm³/mol. The number of nitrogens with zero attached hydrogens (tertiary/aromatic N) is 2. The summed E-state index contributed by atoms with van der Waals surface area (Å²) in [6, 6.07) is 0. The minimum atomic E-state index is 0.344. The molecule has 0 amide bonds. The number of aryl methyl sites for hydroxylation is 2. The van der Waals surface area contributed by atoms with Crippen molar-refractivity contribution in [3.63, 3.8) is 0 Å². The van der Waals surface area contributed by atoms with E-state index in [4.69, 9.17) is 10.5 Å². The fourth-order valence-electron chi connectivity index (χ4n) is 1.33. The molecule has 0 atom stereocenters. The lowest BCUT2D eigenvalue weighted by Gasteiger charge is -2.07. The summed E-state index contributed by atoms with van der Waals surface area (Å²) in [4.78, 5) is 8.20. The second-order valence-corrected chi connectivity index (χ2v) is 2.97. The van der Waals surface area contributed by atoms with Crippen molar-refractivity contribution in [1.82, 2.24) is 9.97 Å². The molecule has 1 aromatic rings. The van der Waals surface area contributed by atoms with E-state index in [2.05, 4.69) is 9.97 Å². The fraction of sp³-hybridized carbons (Fsp3) is 0.692. The molecule has 4 heteroatoms. The van der Waals surface area contributed by atoms with E-state index in [1.807, 2.05) is 41.5 Å². The van der Waals surface area contributed by atoms with Crippen LogP contribution in [0.5, 0.6) is 0 Å². The second kappa shape index (κ2) is 11.3. The molecule has 0 radical (unpaired) electrons. The van der Waals surface area contributed by atoms with Crippen molar-refractivity contribution >= 4 is 5.95 Å². The summed E-state index contributed by atoms with van der Waals surface area (Å²) in [7, 11) is 1.68. The average Bonchev–Trinajstić information content (AvgIpc) is 2.33. The number of hydrogen-bond donors (Lipinski definition) is 1. The zero-order valence-electron chi connectivity index (χ0n) is 12.3. The van der Waals surface area contributed by atoms with Crippen LogP contribution in [0.15, 0.2) is 0 Å². The normalized spacial score (nSPS) is 8.65. The zero-order valence-corrected chi connectivity index (χ0v) is 12.3. The van der Waals surface area contributed by atoms with E-state index in [0.717, 1.165) is 23.4 Å². The molecular formula is C13H27N3O. The molecule has 0 saturated heterocycles. The van der Waals surface area contributed by atoms with Gasteiger partial charge in [0.05, 0.1) is 6.61 Å². The van der Waals surface area contributed by atoms with Crippen LogP contribution < -0.4 is 5.73 Å². The molecule has 100 valence electrons. The highest BCUT2D eigenvalue weighted by molar-refractivity contribution is 5.30. The Morgan fingerprint density at radius 1 is 1.00 bits per heavy atom. The number of nitrogens with two attached hydrogens (primary N) is 1. The number of rotatable bonds is 3. The highest BCUT2D eigenvalue weighted by atomic mass is 16.5. The van der Waals surface area contributed by atoms with Crippen molar-refractivity contribution in [2.24, 2.45) is 0 Å². The minimum absolute atomic E-state index is 0.344. The number of hydrogen-bond acceptors (Lipinski definition) is 4. The van der Waals surface area contributed by atoms with Crippen molar-refractivity contribution in [2.45, 2.75) is 48.0 Å². The number of ether oxygens (including phenoxy) is 1. The third kappa shape index (κ3) is 6.89. The van der Waals surface area contributed by atoms with Gasteiger partial charge in [0.15, 0.2) is 0 Å². The molecule has 1 heterocycles. The van der Waals surface area contributed by atoms with Gasteiger partial charge in [0.25, 0.3) is 0 Å². The molecule has 2 N–H and O–H groups in total. The predicted octanol–water partition coefficient (Wildman–Crippen LogP) is 2.92. The molecule has 0 aromatic carbocycles. The van der Waals surface area contributed by atoms with Crippen LogP contribution in [0.1, 0.15) is 44.6 Å². The van der Waals surface area contributed by atoms with E-state index in [9.17, 15) is 0 Å². The van der Waals surface area contributed by atoms with Gasteiger partial charge in [-0.1, -0.05) is 27.7 Å². The number of aromatic nitrogens is 2. The first kappa shape index (κ1) is 18.2. The second-order valence-electron chi connectivity index (χ2n) is 2.97. The van der Waals surface area contributed by atoms with Gasteiger partial charge < -0.3 is 10.5 Å².